The third kappa shape index (κ3) is 4.79. The molecule has 0 spiro atoms. The summed E-state index contributed by atoms with van der Waals surface area (Å²) in [7, 11) is 0. The fourth-order valence-electron chi connectivity index (χ4n) is 1.76. The van der Waals surface area contributed by atoms with Crippen molar-refractivity contribution < 1.29 is 9.63 Å². The molecule has 0 aliphatic carbocycles. The Morgan fingerprint density at radius 3 is 2.45 bits per heavy atom. The lowest BCUT2D eigenvalue weighted by Crippen LogP contribution is -2.24. The van der Waals surface area contributed by atoms with E-state index in [0.29, 0.717) is 12.2 Å². The van der Waals surface area contributed by atoms with Gasteiger partial charge < -0.3 is 0 Å². The average Bonchev–Trinajstić information content (AvgIpc) is 2.49. The second-order valence-electron chi connectivity index (χ2n) is 4.38. The lowest BCUT2D eigenvalue weighted by molar-refractivity contribution is 0.0304. The topological polar surface area (TPSA) is 38.3 Å². The zero-order valence-corrected chi connectivity index (χ0v) is 12.6. The SMILES string of the molecule is O=C(NOCCCc1ccc(Br)cc1)c1ccccc1. The molecule has 0 aliphatic rings. The van der Waals surface area contributed by atoms with E-state index in [0.717, 1.165) is 17.3 Å². The first-order valence-corrected chi connectivity index (χ1v) is 7.26. The minimum absolute atomic E-state index is 0.214. The van der Waals surface area contributed by atoms with Crippen LogP contribution >= 0.6 is 15.9 Å². The van der Waals surface area contributed by atoms with Crippen LogP contribution in [0.5, 0.6) is 0 Å². The first kappa shape index (κ1) is 14.8. The van der Waals surface area contributed by atoms with Crippen molar-refractivity contribution in [3.63, 3.8) is 0 Å². The van der Waals surface area contributed by atoms with Crippen molar-refractivity contribution in [2.24, 2.45) is 0 Å². The number of halogens is 1. The predicted octanol–water partition coefficient (Wildman–Crippen LogP) is 3.74. The van der Waals surface area contributed by atoms with E-state index in [-0.39, 0.29) is 5.91 Å². The van der Waals surface area contributed by atoms with Gasteiger partial charge in [0.05, 0.1) is 6.61 Å². The van der Waals surface area contributed by atoms with Crippen molar-refractivity contribution in [2.75, 3.05) is 6.61 Å². The lowest BCUT2D eigenvalue weighted by atomic mass is 10.1. The Morgan fingerprint density at radius 2 is 1.75 bits per heavy atom. The number of rotatable bonds is 6. The minimum Gasteiger partial charge on any atom is -0.273 e. The highest BCUT2D eigenvalue weighted by atomic mass is 79.9. The number of nitrogens with one attached hydrogen (secondary N) is 1. The van der Waals surface area contributed by atoms with Crippen molar-refractivity contribution >= 4 is 21.8 Å². The molecule has 3 nitrogen and oxygen atoms in total. The van der Waals surface area contributed by atoms with E-state index < -0.39 is 0 Å². The number of hydrogen-bond acceptors (Lipinski definition) is 2. The number of hydroxylamine groups is 1. The summed E-state index contributed by atoms with van der Waals surface area (Å²) < 4.78 is 1.08. The largest absolute Gasteiger partial charge is 0.274 e. The number of carbonyl (C=O) groups excluding carboxylic acids is 1. The van der Waals surface area contributed by atoms with Crippen molar-refractivity contribution in [3.8, 4) is 0 Å². The second kappa shape index (κ2) is 7.82. The highest BCUT2D eigenvalue weighted by Gasteiger charge is 2.03. The van der Waals surface area contributed by atoms with Gasteiger partial charge in [-0.2, -0.15) is 0 Å². The summed E-state index contributed by atoms with van der Waals surface area (Å²) in [5.41, 5.74) is 4.30. The van der Waals surface area contributed by atoms with Crippen molar-refractivity contribution in [3.05, 3.63) is 70.2 Å². The minimum atomic E-state index is -0.214. The van der Waals surface area contributed by atoms with E-state index in [1.54, 1.807) is 12.1 Å². The van der Waals surface area contributed by atoms with Gasteiger partial charge in [0.15, 0.2) is 0 Å². The first-order valence-electron chi connectivity index (χ1n) is 6.47. The standard InChI is InChI=1S/C16H16BrNO2/c17-15-10-8-13(9-11-15)5-4-12-20-18-16(19)14-6-2-1-3-7-14/h1-3,6-11H,4-5,12H2,(H,18,19). The van der Waals surface area contributed by atoms with Gasteiger partial charge in [-0.15, -0.1) is 0 Å². The lowest BCUT2D eigenvalue weighted by Gasteiger charge is -2.06. The van der Waals surface area contributed by atoms with Crippen LogP contribution in [-0.4, -0.2) is 12.5 Å². The monoisotopic (exact) mass is 333 g/mol. The van der Waals surface area contributed by atoms with Gasteiger partial charge in [-0.25, -0.2) is 5.48 Å². The number of hydrogen-bond donors (Lipinski definition) is 1. The molecule has 2 rings (SSSR count). The molecule has 0 bridgehead atoms. The smallest absolute Gasteiger partial charge is 0.273 e. The highest BCUT2D eigenvalue weighted by molar-refractivity contribution is 9.10. The fraction of sp³-hybridized carbons (Fsp3) is 0.188. The van der Waals surface area contributed by atoms with Crippen LogP contribution in [0.4, 0.5) is 0 Å². The Bertz CT molecular complexity index is 540. The van der Waals surface area contributed by atoms with Gasteiger partial charge in [0, 0.05) is 10.0 Å². The molecule has 20 heavy (non-hydrogen) atoms. The van der Waals surface area contributed by atoms with Crippen molar-refractivity contribution in [1.29, 1.82) is 0 Å². The van der Waals surface area contributed by atoms with Crippen LogP contribution < -0.4 is 5.48 Å². The summed E-state index contributed by atoms with van der Waals surface area (Å²) in [5.74, 6) is -0.214. The van der Waals surface area contributed by atoms with E-state index in [9.17, 15) is 4.79 Å². The van der Waals surface area contributed by atoms with Crippen LogP contribution in [0.2, 0.25) is 0 Å². The molecule has 0 saturated heterocycles. The summed E-state index contributed by atoms with van der Waals surface area (Å²) in [4.78, 5) is 16.9. The Morgan fingerprint density at radius 1 is 1.05 bits per heavy atom. The normalized spacial score (nSPS) is 10.2. The molecule has 0 fully saturated rings. The summed E-state index contributed by atoms with van der Waals surface area (Å²) in [6, 6.07) is 17.2. The Kier molecular flexibility index (Phi) is 5.77. The molecule has 104 valence electrons. The summed E-state index contributed by atoms with van der Waals surface area (Å²) >= 11 is 3.40. The van der Waals surface area contributed by atoms with Crippen LogP contribution in [0.3, 0.4) is 0 Å². The number of aryl methyl sites for hydroxylation is 1. The van der Waals surface area contributed by atoms with Gasteiger partial charge in [0.2, 0.25) is 0 Å². The van der Waals surface area contributed by atoms with Gasteiger partial charge in [0.1, 0.15) is 0 Å². The van der Waals surface area contributed by atoms with Crippen LogP contribution in [0, 0.1) is 0 Å². The molecule has 0 aromatic heterocycles. The molecule has 0 radical (unpaired) electrons. The number of benzene rings is 2. The van der Waals surface area contributed by atoms with E-state index in [2.05, 4.69) is 33.5 Å². The van der Waals surface area contributed by atoms with Crippen LogP contribution in [0.25, 0.3) is 0 Å². The molecule has 1 N–H and O–H groups in total. The molecule has 0 heterocycles. The molecule has 2 aromatic carbocycles. The molecule has 0 aliphatic heterocycles. The third-order valence-corrected chi connectivity index (χ3v) is 3.35. The molecule has 1 amide bonds. The van der Waals surface area contributed by atoms with E-state index >= 15 is 0 Å². The molecule has 4 heteroatoms. The van der Waals surface area contributed by atoms with E-state index in [1.807, 2.05) is 30.3 Å². The number of amides is 1. The first-order chi connectivity index (χ1) is 9.75. The van der Waals surface area contributed by atoms with Gasteiger partial charge in [-0.1, -0.05) is 46.3 Å². The summed E-state index contributed by atoms with van der Waals surface area (Å²) in [6.07, 6.45) is 1.78. The summed E-state index contributed by atoms with van der Waals surface area (Å²) in [5, 5.41) is 0. The highest BCUT2D eigenvalue weighted by Crippen LogP contribution is 2.11. The van der Waals surface area contributed by atoms with E-state index in [1.165, 1.54) is 5.56 Å². The zero-order chi connectivity index (χ0) is 14.2. The molecule has 0 saturated carbocycles. The summed E-state index contributed by atoms with van der Waals surface area (Å²) in [6.45, 7) is 0.495. The maximum Gasteiger partial charge on any atom is 0.274 e. The quantitative estimate of drug-likeness (QED) is 0.646. The Balaban J connectivity index is 1.64. The molecule has 2 aromatic rings. The number of carbonyl (C=O) groups is 1. The maximum atomic E-state index is 11.7. The van der Waals surface area contributed by atoms with Gasteiger partial charge >= 0.3 is 0 Å². The van der Waals surface area contributed by atoms with E-state index in [4.69, 9.17) is 4.84 Å². The zero-order valence-electron chi connectivity index (χ0n) is 11.0. The third-order valence-electron chi connectivity index (χ3n) is 2.83. The maximum absolute atomic E-state index is 11.7. The van der Waals surface area contributed by atoms with Crippen LogP contribution in [-0.2, 0) is 11.3 Å². The fourth-order valence-corrected chi connectivity index (χ4v) is 2.03. The van der Waals surface area contributed by atoms with Gasteiger partial charge in [-0.05, 0) is 42.7 Å². The van der Waals surface area contributed by atoms with Crippen molar-refractivity contribution in [2.45, 2.75) is 12.8 Å². The van der Waals surface area contributed by atoms with Crippen LogP contribution in [0.15, 0.2) is 59.1 Å². The molecule has 0 unspecified atom stereocenters. The van der Waals surface area contributed by atoms with Gasteiger partial charge in [-0.3, -0.25) is 9.63 Å². The molecule has 0 atom stereocenters. The predicted molar refractivity (Wildman–Crippen MR) is 82.3 cm³/mol. The molecular weight excluding hydrogens is 318 g/mol. The van der Waals surface area contributed by atoms with Gasteiger partial charge in [0.25, 0.3) is 5.91 Å². The Labute approximate surface area is 127 Å². The average molecular weight is 334 g/mol. The Hall–Kier alpha value is -1.65. The molecular formula is C16H16BrNO2. The second-order valence-corrected chi connectivity index (χ2v) is 5.29. The van der Waals surface area contributed by atoms with Crippen molar-refractivity contribution in [1.82, 2.24) is 5.48 Å². The van der Waals surface area contributed by atoms with Crippen LogP contribution in [0.1, 0.15) is 22.3 Å².